The molecule has 0 radical (unpaired) electrons. The highest BCUT2D eigenvalue weighted by atomic mass is 16.4. The van der Waals surface area contributed by atoms with Gasteiger partial charge in [-0.05, 0) is 45.1 Å². The van der Waals surface area contributed by atoms with Gasteiger partial charge >= 0.3 is 12.0 Å². The first kappa shape index (κ1) is 15.4. The fourth-order valence-electron chi connectivity index (χ4n) is 2.42. The van der Waals surface area contributed by atoms with Crippen molar-refractivity contribution in [3.63, 3.8) is 0 Å². The van der Waals surface area contributed by atoms with Gasteiger partial charge in [0.15, 0.2) is 0 Å². The van der Waals surface area contributed by atoms with Crippen molar-refractivity contribution in [2.45, 2.75) is 25.4 Å². The third kappa shape index (κ3) is 3.98. The van der Waals surface area contributed by atoms with Crippen LogP contribution in [-0.2, 0) is 6.54 Å². The van der Waals surface area contributed by atoms with E-state index in [-0.39, 0.29) is 24.4 Å². The number of hydrogen-bond acceptors (Lipinski definition) is 4. The molecule has 0 spiro atoms. The Morgan fingerprint density at radius 2 is 2.10 bits per heavy atom. The van der Waals surface area contributed by atoms with Crippen LogP contribution in [0.15, 0.2) is 16.5 Å². The summed E-state index contributed by atoms with van der Waals surface area (Å²) < 4.78 is 5.10. The number of nitrogens with one attached hydrogen (secondary N) is 1. The number of urea groups is 1. The predicted molar refractivity (Wildman–Crippen MR) is 76.2 cm³/mol. The third-order valence-corrected chi connectivity index (χ3v) is 3.84. The van der Waals surface area contributed by atoms with Crippen LogP contribution < -0.4 is 5.32 Å². The van der Waals surface area contributed by atoms with Gasteiger partial charge in [0.25, 0.3) is 0 Å². The summed E-state index contributed by atoms with van der Waals surface area (Å²) in [6, 6.07) is 3.01. The van der Waals surface area contributed by atoms with E-state index in [1.807, 2.05) is 0 Å². The molecule has 2 heterocycles. The second-order valence-corrected chi connectivity index (χ2v) is 5.38. The van der Waals surface area contributed by atoms with Gasteiger partial charge in [-0.1, -0.05) is 0 Å². The first-order chi connectivity index (χ1) is 9.97. The second kappa shape index (κ2) is 6.62. The molecule has 0 aromatic carbocycles. The van der Waals surface area contributed by atoms with Gasteiger partial charge in [-0.2, -0.15) is 0 Å². The summed E-state index contributed by atoms with van der Waals surface area (Å²) >= 11 is 0. The van der Waals surface area contributed by atoms with E-state index in [0.717, 1.165) is 25.9 Å². The molecule has 0 bridgehead atoms. The Morgan fingerprint density at radius 1 is 1.43 bits per heavy atom. The number of likely N-dealkylation sites (tertiary alicyclic amines) is 1. The van der Waals surface area contributed by atoms with E-state index in [1.165, 1.54) is 6.07 Å². The van der Waals surface area contributed by atoms with Crippen LogP contribution in [0.25, 0.3) is 0 Å². The van der Waals surface area contributed by atoms with Gasteiger partial charge in [0, 0.05) is 13.1 Å². The first-order valence-electron chi connectivity index (χ1n) is 6.98. The molecule has 1 saturated heterocycles. The van der Waals surface area contributed by atoms with E-state index in [0.29, 0.717) is 5.76 Å². The Bertz CT molecular complexity index is 506. The largest absolute Gasteiger partial charge is 0.475 e. The number of rotatable bonds is 4. The standard InChI is InChI=1S/C14H21N3O4/c1-16-7-5-10(6-8-16)17(2)14(20)15-9-11-3-4-12(21-11)13(18)19/h3-4,10H,5-9H2,1-2H3,(H,15,20)(H,18,19). The van der Waals surface area contributed by atoms with Crippen molar-refractivity contribution in [1.82, 2.24) is 15.1 Å². The summed E-state index contributed by atoms with van der Waals surface area (Å²) in [5, 5.41) is 11.5. The lowest BCUT2D eigenvalue weighted by molar-refractivity contribution is 0.0660. The zero-order chi connectivity index (χ0) is 15.4. The molecule has 1 aliphatic rings. The zero-order valence-corrected chi connectivity index (χ0v) is 12.3. The average molecular weight is 295 g/mol. The van der Waals surface area contributed by atoms with Crippen LogP contribution in [0.1, 0.15) is 29.2 Å². The number of carbonyl (C=O) groups excluding carboxylic acids is 1. The van der Waals surface area contributed by atoms with Crippen LogP contribution in [0.4, 0.5) is 4.79 Å². The summed E-state index contributed by atoms with van der Waals surface area (Å²) in [6.45, 7) is 2.16. The lowest BCUT2D eigenvalue weighted by Gasteiger charge is -2.35. The molecule has 2 amide bonds. The Balaban J connectivity index is 1.81. The molecule has 116 valence electrons. The van der Waals surface area contributed by atoms with Crippen LogP contribution in [0.5, 0.6) is 0 Å². The van der Waals surface area contributed by atoms with Crippen molar-refractivity contribution in [2.24, 2.45) is 0 Å². The minimum atomic E-state index is -1.11. The Kier molecular flexibility index (Phi) is 4.85. The number of carboxylic acid groups (broad SMARTS) is 1. The van der Waals surface area contributed by atoms with Crippen molar-refractivity contribution in [3.05, 3.63) is 23.7 Å². The van der Waals surface area contributed by atoms with E-state index in [9.17, 15) is 9.59 Å². The Morgan fingerprint density at radius 3 is 2.67 bits per heavy atom. The minimum Gasteiger partial charge on any atom is -0.475 e. The topological polar surface area (TPSA) is 86.0 Å². The Hall–Kier alpha value is -2.02. The van der Waals surface area contributed by atoms with E-state index < -0.39 is 5.97 Å². The van der Waals surface area contributed by atoms with Gasteiger partial charge in [-0.15, -0.1) is 0 Å². The molecular formula is C14H21N3O4. The second-order valence-electron chi connectivity index (χ2n) is 5.38. The number of furan rings is 1. The van der Waals surface area contributed by atoms with Crippen molar-refractivity contribution < 1.29 is 19.1 Å². The van der Waals surface area contributed by atoms with Crippen LogP contribution in [-0.4, -0.2) is 60.1 Å². The smallest absolute Gasteiger partial charge is 0.371 e. The lowest BCUT2D eigenvalue weighted by atomic mass is 10.0. The maximum atomic E-state index is 12.1. The fourth-order valence-corrected chi connectivity index (χ4v) is 2.42. The molecule has 1 aromatic rings. The molecule has 7 nitrogen and oxygen atoms in total. The lowest BCUT2D eigenvalue weighted by Crippen LogP contribution is -2.47. The van der Waals surface area contributed by atoms with Crippen molar-refractivity contribution in [1.29, 1.82) is 0 Å². The Labute approximate surface area is 123 Å². The number of carbonyl (C=O) groups is 2. The van der Waals surface area contributed by atoms with Crippen LogP contribution >= 0.6 is 0 Å². The monoisotopic (exact) mass is 295 g/mol. The average Bonchev–Trinajstić information content (AvgIpc) is 2.94. The SMILES string of the molecule is CN1CCC(N(C)C(=O)NCc2ccc(C(=O)O)o2)CC1. The number of nitrogens with zero attached hydrogens (tertiary/aromatic N) is 2. The van der Waals surface area contributed by atoms with Crippen LogP contribution in [0.2, 0.25) is 0 Å². The minimum absolute atomic E-state index is 0.122. The quantitative estimate of drug-likeness (QED) is 0.872. The van der Waals surface area contributed by atoms with E-state index in [4.69, 9.17) is 9.52 Å². The number of carboxylic acids is 1. The van der Waals surface area contributed by atoms with Crippen molar-refractivity contribution in [2.75, 3.05) is 27.2 Å². The molecule has 21 heavy (non-hydrogen) atoms. The maximum absolute atomic E-state index is 12.1. The molecule has 1 fully saturated rings. The summed E-state index contributed by atoms with van der Waals surface area (Å²) in [6.07, 6.45) is 1.93. The number of piperidine rings is 1. The van der Waals surface area contributed by atoms with Gasteiger partial charge in [0.05, 0.1) is 6.54 Å². The molecule has 0 saturated carbocycles. The number of hydrogen-bond donors (Lipinski definition) is 2. The molecule has 1 aromatic heterocycles. The van der Waals surface area contributed by atoms with Gasteiger partial charge in [-0.3, -0.25) is 0 Å². The van der Waals surface area contributed by atoms with E-state index in [1.54, 1.807) is 18.0 Å². The number of amides is 2. The van der Waals surface area contributed by atoms with Crippen LogP contribution in [0, 0.1) is 0 Å². The maximum Gasteiger partial charge on any atom is 0.371 e. The highest BCUT2D eigenvalue weighted by molar-refractivity contribution is 5.84. The van der Waals surface area contributed by atoms with Gasteiger partial charge in [0.2, 0.25) is 5.76 Å². The molecule has 0 aliphatic carbocycles. The van der Waals surface area contributed by atoms with E-state index in [2.05, 4.69) is 17.3 Å². The van der Waals surface area contributed by atoms with Crippen molar-refractivity contribution >= 4 is 12.0 Å². The molecule has 7 heteroatoms. The molecule has 2 N–H and O–H groups in total. The molecule has 0 atom stereocenters. The molecule has 0 unspecified atom stereocenters. The number of aromatic carboxylic acids is 1. The summed E-state index contributed by atoms with van der Waals surface area (Å²) in [4.78, 5) is 26.7. The molecular weight excluding hydrogens is 274 g/mol. The van der Waals surface area contributed by atoms with Crippen molar-refractivity contribution in [3.8, 4) is 0 Å². The highest BCUT2D eigenvalue weighted by Crippen LogP contribution is 2.14. The predicted octanol–water partition coefficient (Wildman–Crippen LogP) is 1.21. The van der Waals surface area contributed by atoms with Gasteiger partial charge in [0.1, 0.15) is 5.76 Å². The first-order valence-corrected chi connectivity index (χ1v) is 6.98. The van der Waals surface area contributed by atoms with Crippen LogP contribution in [0.3, 0.4) is 0 Å². The molecule has 2 rings (SSSR count). The summed E-state index contributed by atoms with van der Waals surface area (Å²) in [5.41, 5.74) is 0. The fraction of sp³-hybridized carbons (Fsp3) is 0.571. The normalized spacial score (nSPS) is 16.7. The van der Waals surface area contributed by atoms with Gasteiger partial charge < -0.3 is 24.6 Å². The summed E-state index contributed by atoms with van der Waals surface area (Å²) in [5.74, 6) is -0.809. The highest BCUT2D eigenvalue weighted by Gasteiger charge is 2.23. The third-order valence-electron chi connectivity index (χ3n) is 3.84. The summed E-state index contributed by atoms with van der Waals surface area (Å²) in [7, 11) is 3.86. The van der Waals surface area contributed by atoms with Gasteiger partial charge in [-0.25, -0.2) is 9.59 Å². The van der Waals surface area contributed by atoms with E-state index >= 15 is 0 Å². The molecule has 1 aliphatic heterocycles. The zero-order valence-electron chi connectivity index (χ0n) is 12.3.